The summed E-state index contributed by atoms with van der Waals surface area (Å²) in [4.78, 5) is 15.5. The molecule has 1 amide bonds. The molecular weight excluding hydrogens is 338 g/mol. The molecule has 5 rings (SSSR count). The zero-order chi connectivity index (χ0) is 19.0. The van der Waals surface area contributed by atoms with Crippen LogP contribution in [0.15, 0.2) is 18.2 Å². The van der Waals surface area contributed by atoms with Gasteiger partial charge in [0.15, 0.2) is 5.69 Å². The van der Waals surface area contributed by atoms with E-state index in [1.165, 1.54) is 5.56 Å². The molecule has 0 spiro atoms. The summed E-state index contributed by atoms with van der Waals surface area (Å²) in [6, 6.07) is 5.92. The summed E-state index contributed by atoms with van der Waals surface area (Å²) >= 11 is 0. The fourth-order valence-corrected chi connectivity index (χ4v) is 5.80. The first-order valence-electron chi connectivity index (χ1n) is 10.0. The lowest BCUT2D eigenvalue weighted by Crippen LogP contribution is -2.65. The number of aromatic hydroxyl groups is 1. The molecule has 2 heterocycles. The highest BCUT2D eigenvalue weighted by Crippen LogP contribution is 2.57. The van der Waals surface area contributed by atoms with Crippen LogP contribution in [0.3, 0.4) is 0 Å². The third-order valence-corrected chi connectivity index (χ3v) is 7.90. The number of amides is 1. The monoisotopic (exact) mass is 365 g/mol. The highest BCUT2D eigenvalue weighted by Gasteiger charge is 2.57. The number of phenolic OH excluding ortho intramolecular Hbond substituents is 1. The van der Waals surface area contributed by atoms with Crippen LogP contribution in [0.25, 0.3) is 0 Å². The molecule has 1 fully saturated rings. The van der Waals surface area contributed by atoms with Crippen molar-refractivity contribution in [1.29, 1.82) is 0 Å². The summed E-state index contributed by atoms with van der Waals surface area (Å²) in [5, 5.41) is 18.0. The summed E-state index contributed by atoms with van der Waals surface area (Å²) in [6.07, 6.45) is 4.62. The van der Waals surface area contributed by atoms with Crippen LogP contribution in [-0.2, 0) is 24.7 Å². The normalized spacial score (nSPS) is 28.0. The molecule has 1 unspecified atom stereocenters. The average Bonchev–Trinajstić information content (AvgIpc) is 3.22. The lowest BCUT2D eigenvalue weighted by atomic mass is 9.51. The molecule has 2 bridgehead atoms. The Morgan fingerprint density at radius 3 is 2.89 bits per heavy atom. The fourth-order valence-electron chi connectivity index (χ4n) is 5.80. The summed E-state index contributed by atoms with van der Waals surface area (Å²) in [6.45, 7) is 7.59. The molecule has 5 nitrogen and oxygen atoms in total. The lowest BCUT2D eigenvalue weighted by molar-refractivity contribution is -0.0269. The van der Waals surface area contributed by atoms with Crippen LogP contribution >= 0.6 is 0 Å². The Balaban J connectivity index is 1.58. The third kappa shape index (κ3) is 2.05. The van der Waals surface area contributed by atoms with E-state index < -0.39 is 0 Å². The molecule has 1 saturated heterocycles. The summed E-state index contributed by atoms with van der Waals surface area (Å²) in [7, 11) is 0. The van der Waals surface area contributed by atoms with Crippen molar-refractivity contribution in [2.24, 2.45) is 5.41 Å². The minimum atomic E-state index is -0.0822. The molecule has 27 heavy (non-hydrogen) atoms. The Labute approximate surface area is 159 Å². The van der Waals surface area contributed by atoms with Gasteiger partial charge in [-0.3, -0.25) is 9.89 Å². The van der Waals surface area contributed by atoms with E-state index in [1.54, 1.807) is 6.07 Å². The number of nitrogens with zero attached hydrogens (tertiary/aromatic N) is 2. The first kappa shape index (κ1) is 16.8. The Bertz CT molecular complexity index is 945. The van der Waals surface area contributed by atoms with Gasteiger partial charge in [-0.15, -0.1) is 0 Å². The number of hydrogen-bond acceptors (Lipinski definition) is 3. The van der Waals surface area contributed by atoms with Crippen LogP contribution in [-0.4, -0.2) is 38.7 Å². The van der Waals surface area contributed by atoms with Crippen molar-refractivity contribution in [3.63, 3.8) is 0 Å². The van der Waals surface area contributed by atoms with Crippen molar-refractivity contribution in [2.45, 2.75) is 64.3 Å². The van der Waals surface area contributed by atoms with Gasteiger partial charge in [0.05, 0.1) is 0 Å². The molecule has 1 aromatic carbocycles. The number of fused-ring (bicyclic) bond motifs is 5. The number of piperidine rings is 1. The van der Waals surface area contributed by atoms with Gasteiger partial charge in [-0.05, 0) is 54.7 Å². The Morgan fingerprint density at radius 1 is 1.26 bits per heavy atom. The zero-order valence-corrected chi connectivity index (χ0v) is 16.3. The van der Waals surface area contributed by atoms with E-state index in [-0.39, 0.29) is 22.8 Å². The second-order valence-electron chi connectivity index (χ2n) is 9.21. The van der Waals surface area contributed by atoms with Crippen LogP contribution in [0.5, 0.6) is 5.75 Å². The van der Waals surface area contributed by atoms with Crippen molar-refractivity contribution < 1.29 is 9.90 Å². The second kappa shape index (κ2) is 5.37. The number of benzene rings is 1. The van der Waals surface area contributed by atoms with Crippen LogP contribution in [0.2, 0.25) is 0 Å². The molecule has 142 valence electrons. The van der Waals surface area contributed by atoms with Gasteiger partial charge < -0.3 is 10.0 Å². The van der Waals surface area contributed by atoms with Gasteiger partial charge >= 0.3 is 0 Å². The number of aromatic nitrogens is 2. The summed E-state index contributed by atoms with van der Waals surface area (Å²) < 4.78 is 0. The van der Waals surface area contributed by atoms with Crippen molar-refractivity contribution in [2.75, 3.05) is 6.54 Å². The van der Waals surface area contributed by atoms with Gasteiger partial charge in [0.25, 0.3) is 5.91 Å². The van der Waals surface area contributed by atoms with Crippen LogP contribution in [0.4, 0.5) is 0 Å². The smallest absolute Gasteiger partial charge is 0.274 e. The molecule has 2 aliphatic carbocycles. The van der Waals surface area contributed by atoms with Gasteiger partial charge in [0.1, 0.15) is 5.75 Å². The average molecular weight is 365 g/mol. The van der Waals surface area contributed by atoms with Gasteiger partial charge in [0.2, 0.25) is 0 Å². The number of H-pyrrole nitrogens is 1. The third-order valence-electron chi connectivity index (χ3n) is 7.90. The van der Waals surface area contributed by atoms with E-state index in [0.717, 1.165) is 49.0 Å². The van der Waals surface area contributed by atoms with Gasteiger partial charge in [0, 0.05) is 29.3 Å². The number of rotatable bonds is 1. The van der Waals surface area contributed by atoms with Crippen molar-refractivity contribution in [3.05, 3.63) is 46.3 Å². The van der Waals surface area contributed by atoms with Gasteiger partial charge in [-0.25, -0.2) is 0 Å². The first-order chi connectivity index (χ1) is 12.8. The SMILES string of the molecule is CC1(C)C2Cc3c(O)cccc3[C@]1(C)CCN2C(=O)c1n[nH]c2c1CCC2. The van der Waals surface area contributed by atoms with Crippen molar-refractivity contribution in [3.8, 4) is 5.75 Å². The van der Waals surface area contributed by atoms with E-state index in [2.05, 4.69) is 37.0 Å². The Hall–Kier alpha value is -2.30. The second-order valence-corrected chi connectivity index (χ2v) is 9.21. The highest BCUT2D eigenvalue weighted by atomic mass is 16.3. The van der Waals surface area contributed by atoms with Crippen LogP contribution in [0.1, 0.15) is 66.5 Å². The summed E-state index contributed by atoms with van der Waals surface area (Å²) in [5.41, 5.74) is 4.97. The zero-order valence-electron chi connectivity index (χ0n) is 16.3. The number of carbonyl (C=O) groups is 1. The maximum absolute atomic E-state index is 13.5. The standard InChI is InChI=1S/C22H27N3O2/c1-21(2)18-12-14-15(7-5-9-17(14)26)22(21,3)10-11-25(18)20(27)19-13-6-4-8-16(13)23-24-19/h5,7,9,18,26H,4,6,8,10-12H2,1-3H3,(H,23,24)/t18?,22-/m0/s1. The molecule has 0 saturated carbocycles. The van der Waals surface area contributed by atoms with Crippen LogP contribution in [0, 0.1) is 5.41 Å². The van der Waals surface area contributed by atoms with E-state index in [4.69, 9.17) is 0 Å². The molecule has 2 N–H and O–H groups in total. The molecule has 1 aliphatic heterocycles. The van der Waals surface area contributed by atoms with E-state index in [9.17, 15) is 9.90 Å². The maximum Gasteiger partial charge on any atom is 0.274 e. The molecule has 1 aromatic heterocycles. The Morgan fingerprint density at radius 2 is 2.07 bits per heavy atom. The summed E-state index contributed by atoms with van der Waals surface area (Å²) in [5.74, 6) is 0.405. The van der Waals surface area contributed by atoms with E-state index in [1.807, 2.05) is 11.0 Å². The number of phenols is 1. The van der Waals surface area contributed by atoms with Gasteiger partial charge in [-0.1, -0.05) is 32.9 Å². The van der Waals surface area contributed by atoms with Crippen molar-refractivity contribution in [1.82, 2.24) is 15.1 Å². The molecular formula is C22H27N3O2. The van der Waals surface area contributed by atoms with E-state index >= 15 is 0 Å². The topological polar surface area (TPSA) is 69.2 Å². The number of carbonyl (C=O) groups excluding carboxylic acids is 1. The predicted octanol–water partition coefficient (Wildman–Crippen LogP) is 3.36. The molecule has 2 aromatic rings. The number of nitrogens with one attached hydrogen (secondary N) is 1. The number of likely N-dealkylation sites (tertiary alicyclic amines) is 1. The number of aromatic amines is 1. The van der Waals surface area contributed by atoms with Crippen LogP contribution < -0.4 is 0 Å². The Kier molecular flexibility index (Phi) is 3.35. The maximum atomic E-state index is 13.5. The predicted molar refractivity (Wildman–Crippen MR) is 103 cm³/mol. The minimum Gasteiger partial charge on any atom is -0.508 e. The first-order valence-corrected chi connectivity index (χ1v) is 10.0. The van der Waals surface area contributed by atoms with E-state index in [0.29, 0.717) is 17.9 Å². The number of hydrogen-bond donors (Lipinski definition) is 2. The molecule has 2 atom stereocenters. The molecule has 3 aliphatic rings. The highest BCUT2D eigenvalue weighted by molar-refractivity contribution is 5.94. The van der Waals surface area contributed by atoms with Crippen molar-refractivity contribution >= 4 is 5.91 Å². The lowest BCUT2D eigenvalue weighted by Gasteiger charge is -2.60. The van der Waals surface area contributed by atoms with Gasteiger partial charge in [-0.2, -0.15) is 5.10 Å². The molecule has 5 heteroatoms. The quantitative estimate of drug-likeness (QED) is 0.814. The molecule has 0 radical (unpaired) electrons. The minimum absolute atomic E-state index is 0.0494. The fraction of sp³-hybridized carbons (Fsp3) is 0.545. The largest absolute Gasteiger partial charge is 0.508 e. The number of aryl methyl sites for hydroxylation is 1.